The number of aliphatic hydroxyl groups is 1. The first-order valence-electron chi connectivity index (χ1n) is 5.78. The molecule has 0 aromatic carbocycles. The van der Waals surface area contributed by atoms with Gasteiger partial charge in [-0.3, -0.25) is 0 Å². The zero-order chi connectivity index (χ0) is 13.1. The summed E-state index contributed by atoms with van der Waals surface area (Å²) in [6, 6.07) is 1.71. The summed E-state index contributed by atoms with van der Waals surface area (Å²) in [4.78, 5) is 18.0. The van der Waals surface area contributed by atoms with E-state index in [1.807, 2.05) is 4.90 Å². The van der Waals surface area contributed by atoms with Crippen molar-refractivity contribution in [2.75, 3.05) is 25.1 Å². The van der Waals surface area contributed by atoms with Gasteiger partial charge in [-0.25, -0.2) is 9.78 Å². The van der Waals surface area contributed by atoms with Gasteiger partial charge in [0.05, 0.1) is 13.2 Å². The summed E-state index contributed by atoms with van der Waals surface area (Å²) in [6.07, 6.45) is 2.79. The Morgan fingerprint density at radius 1 is 1.56 bits per heavy atom. The standard InChI is InChI=1S/C12H15BrN2O3/c1-18-12(17)10-6-8(13)7-14-11(10)15-4-2-9(16)3-5-15/h6-7,9,16H,2-5H2,1H3. The van der Waals surface area contributed by atoms with E-state index < -0.39 is 5.97 Å². The normalized spacial score (nSPS) is 16.7. The van der Waals surface area contributed by atoms with Gasteiger partial charge in [-0.2, -0.15) is 0 Å². The maximum Gasteiger partial charge on any atom is 0.341 e. The number of aromatic nitrogens is 1. The number of methoxy groups -OCH3 is 1. The molecule has 0 amide bonds. The molecule has 0 bridgehead atoms. The molecule has 5 nitrogen and oxygen atoms in total. The number of aliphatic hydroxyl groups excluding tert-OH is 1. The minimum atomic E-state index is -0.398. The molecule has 1 aliphatic rings. The van der Waals surface area contributed by atoms with Crippen LogP contribution in [0.15, 0.2) is 16.7 Å². The van der Waals surface area contributed by atoms with Crippen LogP contribution in [-0.2, 0) is 4.74 Å². The van der Waals surface area contributed by atoms with Gasteiger partial charge in [0.25, 0.3) is 0 Å². The molecule has 6 heteroatoms. The lowest BCUT2D eigenvalue weighted by Crippen LogP contribution is -2.37. The van der Waals surface area contributed by atoms with E-state index in [0.29, 0.717) is 37.3 Å². The van der Waals surface area contributed by atoms with Crippen LogP contribution in [0.1, 0.15) is 23.2 Å². The number of ether oxygens (including phenoxy) is 1. The number of anilines is 1. The molecule has 1 saturated heterocycles. The zero-order valence-electron chi connectivity index (χ0n) is 10.1. The fourth-order valence-electron chi connectivity index (χ4n) is 2.02. The van der Waals surface area contributed by atoms with E-state index in [4.69, 9.17) is 4.74 Å². The van der Waals surface area contributed by atoms with Gasteiger partial charge in [-0.15, -0.1) is 0 Å². The van der Waals surface area contributed by atoms with Crippen LogP contribution in [0.5, 0.6) is 0 Å². The molecule has 2 rings (SSSR count). The lowest BCUT2D eigenvalue weighted by Gasteiger charge is -2.31. The number of carbonyl (C=O) groups is 1. The number of hydrogen-bond acceptors (Lipinski definition) is 5. The van der Waals surface area contributed by atoms with Crippen LogP contribution in [0.4, 0.5) is 5.82 Å². The van der Waals surface area contributed by atoms with E-state index in [-0.39, 0.29) is 6.10 Å². The summed E-state index contributed by atoms with van der Waals surface area (Å²) >= 11 is 3.30. The molecular weight excluding hydrogens is 300 g/mol. The molecule has 0 aliphatic carbocycles. The van der Waals surface area contributed by atoms with E-state index in [1.165, 1.54) is 7.11 Å². The Kier molecular flexibility index (Phi) is 4.19. The van der Waals surface area contributed by atoms with Crippen LogP contribution in [0.25, 0.3) is 0 Å². The van der Waals surface area contributed by atoms with Crippen molar-refractivity contribution in [1.82, 2.24) is 4.98 Å². The van der Waals surface area contributed by atoms with Crippen LogP contribution < -0.4 is 4.90 Å². The minimum absolute atomic E-state index is 0.252. The van der Waals surface area contributed by atoms with Crippen LogP contribution in [0, 0.1) is 0 Å². The largest absolute Gasteiger partial charge is 0.465 e. The molecule has 0 radical (unpaired) electrons. The quantitative estimate of drug-likeness (QED) is 0.840. The van der Waals surface area contributed by atoms with Gasteiger partial charge in [0.1, 0.15) is 11.4 Å². The molecule has 18 heavy (non-hydrogen) atoms. The minimum Gasteiger partial charge on any atom is -0.465 e. The van der Waals surface area contributed by atoms with E-state index in [2.05, 4.69) is 20.9 Å². The van der Waals surface area contributed by atoms with E-state index >= 15 is 0 Å². The number of piperidine rings is 1. The van der Waals surface area contributed by atoms with Gasteiger partial charge in [0.15, 0.2) is 0 Å². The van der Waals surface area contributed by atoms with E-state index in [0.717, 1.165) is 4.47 Å². The Bertz CT molecular complexity index is 445. The predicted octanol–water partition coefficient (Wildman–Crippen LogP) is 1.59. The average Bonchev–Trinajstić information content (AvgIpc) is 2.39. The van der Waals surface area contributed by atoms with Crippen molar-refractivity contribution in [3.8, 4) is 0 Å². The third kappa shape index (κ3) is 2.81. The van der Waals surface area contributed by atoms with Gasteiger partial charge in [-0.05, 0) is 34.8 Å². The molecule has 0 unspecified atom stereocenters. The van der Waals surface area contributed by atoms with Crippen molar-refractivity contribution in [1.29, 1.82) is 0 Å². The fraction of sp³-hybridized carbons (Fsp3) is 0.500. The monoisotopic (exact) mass is 314 g/mol. The summed E-state index contributed by atoms with van der Waals surface area (Å²) in [6.45, 7) is 1.39. The summed E-state index contributed by atoms with van der Waals surface area (Å²) in [5, 5.41) is 9.50. The highest BCUT2D eigenvalue weighted by Gasteiger charge is 2.23. The second kappa shape index (κ2) is 5.67. The first kappa shape index (κ1) is 13.3. The van der Waals surface area contributed by atoms with Gasteiger partial charge in [0, 0.05) is 23.8 Å². The summed E-state index contributed by atoms with van der Waals surface area (Å²) in [7, 11) is 1.35. The van der Waals surface area contributed by atoms with Gasteiger partial charge >= 0.3 is 5.97 Å². The van der Waals surface area contributed by atoms with Crippen molar-refractivity contribution in [2.45, 2.75) is 18.9 Å². The van der Waals surface area contributed by atoms with Crippen LogP contribution >= 0.6 is 15.9 Å². The van der Waals surface area contributed by atoms with Crippen LogP contribution in [0.2, 0.25) is 0 Å². The number of carbonyl (C=O) groups excluding carboxylic acids is 1. The average molecular weight is 315 g/mol. The Hall–Kier alpha value is -1.14. The van der Waals surface area contributed by atoms with Crippen LogP contribution in [0.3, 0.4) is 0 Å². The molecule has 1 aliphatic heterocycles. The Morgan fingerprint density at radius 2 is 2.22 bits per heavy atom. The Morgan fingerprint density at radius 3 is 2.83 bits per heavy atom. The van der Waals surface area contributed by atoms with E-state index in [1.54, 1.807) is 12.3 Å². The number of nitrogens with zero attached hydrogens (tertiary/aromatic N) is 2. The van der Waals surface area contributed by atoms with Gasteiger partial charge < -0.3 is 14.7 Å². The third-order valence-electron chi connectivity index (χ3n) is 3.00. The summed E-state index contributed by atoms with van der Waals surface area (Å²) in [5.74, 6) is 0.224. The second-order valence-electron chi connectivity index (χ2n) is 4.23. The highest BCUT2D eigenvalue weighted by Crippen LogP contribution is 2.25. The fourth-order valence-corrected chi connectivity index (χ4v) is 2.35. The lowest BCUT2D eigenvalue weighted by molar-refractivity contribution is 0.0600. The summed E-state index contributed by atoms with van der Waals surface area (Å²) < 4.78 is 5.51. The molecule has 0 spiro atoms. The van der Waals surface area contributed by atoms with Gasteiger partial charge in [0.2, 0.25) is 0 Å². The number of halogens is 1. The van der Waals surface area contributed by atoms with Crippen molar-refractivity contribution >= 4 is 27.7 Å². The molecule has 0 atom stereocenters. The molecule has 1 aromatic rings. The van der Waals surface area contributed by atoms with Gasteiger partial charge in [-0.1, -0.05) is 0 Å². The third-order valence-corrected chi connectivity index (χ3v) is 3.44. The molecule has 2 heterocycles. The van der Waals surface area contributed by atoms with Crippen molar-refractivity contribution < 1.29 is 14.6 Å². The molecule has 98 valence electrons. The number of pyridine rings is 1. The zero-order valence-corrected chi connectivity index (χ0v) is 11.7. The molecule has 1 aromatic heterocycles. The number of rotatable bonds is 2. The highest BCUT2D eigenvalue weighted by atomic mass is 79.9. The smallest absolute Gasteiger partial charge is 0.341 e. The maximum atomic E-state index is 11.7. The maximum absolute atomic E-state index is 11.7. The SMILES string of the molecule is COC(=O)c1cc(Br)cnc1N1CCC(O)CC1. The Labute approximate surface area is 114 Å². The topological polar surface area (TPSA) is 62.7 Å². The van der Waals surface area contributed by atoms with Crippen molar-refractivity contribution in [3.63, 3.8) is 0 Å². The summed E-state index contributed by atoms with van der Waals surface area (Å²) in [5.41, 5.74) is 0.447. The Balaban J connectivity index is 2.29. The van der Waals surface area contributed by atoms with Crippen LogP contribution in [-0.4, -0.2) is 42.4 Å². The predicted molar refractivity (Wildman–Crippen MR) is 70.7 cm³/mol. The molecule has 0 saturated carbocycles. The second-order valence-corrected chi connectivity index (χ2v) is 5.15. The van der Waals surface area contributed by atoms with Crippen molar-refractivity contribution in [3.05, 3.63) is 22.3 Å². The highest BCUT2D eigenvalue weighted by molar-refractivity contribution is 9.10. The molecule has 1 fully saturated rings. The first-order chi connectivity index (χ1) is 8.61. The molecular formula is C12H15BrN2O3. The number of hydrogen-bond donors (Lipinski definition) is 1. The first-order valence-corrected chi connectivity index (χ1v) is 6.58. The van der Waals surface area contributed by atoms with E-state index in [9.17, 15) is 9.90 Å². The number of esters is 1. The lowest BCUT2D eigenvalue weighted by atomic mass is 10.1. The molecule has 1 N–H and O–H groups in total. The van der Waals surface area contributed by atoms with Crippen molar-refractivity contribution in [2.24, 2.45) is 0 Å².